The highest BCUT2D eigenvalue weighted by Crippen LogP contribution is 2.24. The van der Waals surface area contributed by atoms with Crippen molar-refractivity contribution in [1.29, 1.82) is 0 Å². The molecule has 0 bridgehead atoms. The number of H-pyrrole nitrogens is 1. The molecule has 7 heteroatoms. The number of aromatic amines is 1. The lowest BCUT2D eigenvalue weighted by Gasteiger charge is -2.14. The summed E-state index contributed by atoms with van der Waals surface area (Å²) in [6.45, 7) is 1.40. The van der Waals surface area contributed by atoms with Crippen molar-refractivity contribution in [3.63, 3.8) is 0 Å². The summed E-state index contributed by atoms with van der Waals surface area (Å²) in [7, 11) is 5.07. The van der Waals surface area contributed by atoms with Gasteiger partial charge in [-0.05, 0) is 30.2 Å². The number of aromatic nitrogens is 1. The van der Waals surface area contributed by atoms with Gasteiger partial charge in [0.05, 0.1) is 14.2 Å². The third kappa shape index (κ3) is 5.31. The highest BCUT2D eigenvalue weighted by molar-refractivity contribution is 14.0. The zero-order valence-corrected chi connectivity index (χ0v) is 18.7. The first-order chi connectivity index (χ1) is 13.2. The minimum atomic E-state index is 0. The number of hydrogen-bond donors (Lipinski definition) is 3. The van der Waals surface area contributed by atoms with E-state index in [1.807, 2.05) is 24.3 Å². The van der Waals surface area contributed by atoms with E-state index in [1.165, 1.54) is 16.5 Å². The molecular formula is C21H27IN4O2. The van der Waals surface area contributed by atoms with Gasteiger partial charge in [0.25, 0.3) is 0 Å². The molecule has 0 unspecified atom stereocenters. The monoisotopic (exact) mass is 494 g/mol. The van der Waals surface area contributed by atoms with Gasteiger partial charge in [0.15, 0.2) is 5.96 Å². The summed E-state index contributed by atoms with van der Waals surface area (Å²) in [5, 5.41) is 7.96. The Bertz CT molecular complexity index is 924. The third-order valence-electron chi connectivity index (χ3n) is 4.53. The fourth-order valence-electron chi connectivity index (χ4n) is 3.05. The molecule has 3 rings (SSSR count). The Kier molecular flexibility index (Phi) is 8.43. The highest BCUT2D eigenvalue weighted by atomic mass is 127. The summed E-state index contributed by atoms with van der Waals surface area (Å²) >= 11 is 0. The number of rotatable bonds is 7. The normalized spacial score (nSPS) is 11.0. The van der Waals surface area contributed by atoms with E-state index in [-0.39, 0.29) is 24.0 Å². The highest BCUT2D eigenvalue weighted by Gasteiger charge is 2.07. The zero-order chi connectivity index (χ0) is 19.1. The minimum Gasteiger partial charge on any atom is -0.497 e. The Morgan fingerprint density at radius 3 is 2.61 bits per heavy atom. The van der Waals surface area contributed by atoms with E-state index in [4.69, 9.17) is 9.47 Å². The van der Waals surface area contributed by atoms with Crippen molar-refractivity contribution in [3.8, 4) is 11.5 Å². The number of nitrogens with one attached hydrogen (secondary N) is 3. The predicted octanol–water partition coefficient (Wildman–Crippen LogP) is 3.71. The van der Waals surface area contributed by atoms with Crippen molar-refractivity contribution in [2.45, 2.75) is 13.0 Å². The number of ether oxygens (including phenoxy) is 2. The molecule has 3 aromatic rings. The second kappa shape index (κ2) is 10.8. The maximum absolute atomic E-state index is 5.44. The average molecular weight is 494 g/mol. The number of fused-ring (bicyclic) bond motifs is 1. The van der Waals surface area contributed by atoms with Gasteiger partial charge in [0.1, 0.15) is 11.5 Å². The molecule has 0 saturated heterocycles. The molecular weight excluding hydrogens is 467 g/mol. The van der Waals surface area contributed by atoms with Crippen LogP contribution in [-0.2, 0) is 13.0 Å². The maximum atomic E-state index is 5.44. The number of guanidine groups is 1. The van der Waals surface area contributed by atoms with Crippen LogP contribution in [0.2, 0.25) is 0 Å². The van der Waals surface area contributed by atoms with Crippen molar-refractivity contribution in [1.82, 2.24) is 15.6 Å². The Balaban J connectivity index is 0.00000280. The van der Waals surface area contributed by atoms with E-state index in [0.29, 0.717) is 6.54 Å². The van der Waals surface area contributed by atoms with Gasteiger partial charge in [-0.3, -0.25) is 4.99 Å². The van der Waals surface area contributed by atoms with Gasteiger partial charge < -0.3 is 25.1 Å². The van der Waals surface area contributed by atoms with E-state index >= 15 is 0 Å². The second-order valence-corrected chi connectivity index (χ2v) is 6.14. The van der Waals surface area contributed by atoms with Crippen molar-refractivity contribution >= 4 is 40.8 Å². The molecule has 0 radical (unpaired) electrons. The Morgan fingerprint density at radius 1 is 1.04 bits per heavy atom. The summed E-state index contributed by atoms with van der Waals surface area (Å²) in [6.07, 6.45) is 2.99. The van der Waals surface area contributed by atoms with Crippen LogP contribution in [0, 0.1) is 0 Å². The predicted molar refractivity (Wildman–Crippen MR) is 125 cm³/mol. The molecule has 0 atom stereocenters. The molecule has 6 nitrogen and oxygen atoms in total. The molecule has 3 N–H and O–H groups in total. The van der Waals surface area contributed by atoms with Crippen LogP contribution >= 0.6 is 24.0 Å². The SMILES string of the molecule is CN=C(NCCc1c[nH]c2ccccc12)NCc1ccc(OC)cc1OC.I. The number of methoxy groups -OCH3 is 2. The Hall–Kier alpha value is -2.42. The molecule has 0 aliphatic carbocycles. The van der Waals surface area contributed by atoms with Gasteiger partial charge >= 0.3 is 0 Å². The molecule has 0 amide bonds. The number of nitrogens with zero attached hydrogens (tertiary/aromatic N) is 1. The lowest BCUT2D eigenvalue weighted by molar-refractivity contribution is 0.390. The van der Waals surface area contributed by atoms with Gasteiger partial charge in [0, 0.05) is 48.9 Å². The van der Waals surface area contributed by atoms with Gasteiger partial charge in [0.2, 0.25) is 0 Å². The zero-order valence-electron chi connectivity index (χ0n) is 16.4. The summed E-state index contributed by atoms with van der Waals surface area (Å²) in [6, 6.07) is 14.1. The quantitative estimate of drug-likeness (QED) is 0.266. The molecule has 2 aromatic carbocycles. The molecule has 1 aromatic heterocycles. The van der Waals surface area contributed by atoms with Gasteiger partial charge in [-0.1, -0.05) is 18.2 Å². The van der Waals surface area contributed by atoms with Crippen LogP contribution in [0.1, 0.15) is 11.1 Å². The fraction of sp³-hybridized carbons (Fsp3) is 0.286. The Morgan fingerprint density at radius 2 is 1.86 bits per heavy atom. The lowest BCUT2D eigenvalue weighted by atomic mass is 10.1. The van der Waals surface area contributed by atoms with Crippen LogP contribution in [0.25, 0.3) is 10.9 Å². The minimum absolute atomic E-state index is 0. The molecule has 0 fully saturated rings. The molecule has 0 spiro atoms. The van der Waals surface area contributed by atoms with Crippen LogP contribution in [0.3, 0.4) is 0 Å². The second-order valence-electron chi connectivity index (χ2n) is 6.14. The van der Waals surface area contributed by atoms with Crippen molar-refractivity contribution in [2.75, 3.05) is 27.8 Å². The van der Waals surface area contributed by atoms with Gasteiger partial charge in [-0.25, -0.2) is 0 Å². The van der Waals surface area contributed by atoms with Gasteiger partial charge in [-0.15, -0.1) is 24.0 Å². The number of benzene rings is 2. The molecule has 0 saturated carbocycles. The first kappa shape index (κ1) is 21.9. The van der Waals surface area contributed by atoms with Crippen molar-refractivity contribution in [2.24, 2.45) is 4.99 Å². The Labute approximate surface area is 182 Å². The molecule has 0 aliphatic rings. The summed E-state index contributed by atoms with van der Waals surface area (Å²) in [4.78, 5) is 7.61. The lowest BCUT2D eigenvalue weighted by Crippen LogP contribution is -2.37. The summed E-state index contributed by atoms with van der Waals surface area (Å²) < 4.78 is 10.7. The molecule has 28 heavy (non-hydrogen) atoms. The van der Waals surface area contributed by atoms with Crippen LogP contribution in [0.4, 0.5) is 0 Å². The number of halogens is 1. The fourth-order valence-corrected chi connectivity index (χ4v) is 3.05. The van der Waals surface area contributed by atoms with Crippen LogP contribution < -0.4 is 20.1 Å². The smallest absolute Gasteiger partial charge is 0.191 e. The molecule has 0 aliphatic heterocycles. The van der Waals surface area contributed by atoms with E-state index in [1.54, 1.807) is 21.3 Å². The van der Waals surface area contributed by atoms with Crippen molar-refractivity contribution < 1.29 is 9.47 Å². The van der Waals surface area contributed by atoms with Crippen molar-refractivity contribution in [3.05, 3.63) is 59.8 Å². The van der Waals surface area contributed by atoms with E-state index in [2.05, 4.69) is 45.0 Å². The maximum Gasteiger partial charge on any atom is 0.191 e. The average Bonchev–Trinajstić information content (AvgIpc) is 3.13. The number of aliphatic imine (C=N–C) groups is 1. The number of hydrogen-bond acceptors (Lipinski definition) is 3. The van der Waals surface area contributed by atoms with E-state index in [9.17, 15) is 0 Å². The van der Waals surface area contributed by atoms with Gasteiger partial charge in [-0.2, -0.15) is 0 Å². The summed E-state index contributed by atoms with van der Waals surface area (Å²) in [5.74, 6) is 2.32. The first-order valence-electron chi connectivity index (χ1n) is 8.95. The topological polar surface area (TPSA) is 70.7 Å². The van der Waals surface area contributed by atoms with Crippen LogP contribution in [0.15, 0.2) is 53.7 Å². The first-order valence-corrected chi connectivity index (χ1v) is 8.95. The number of para-hydroxylation sites is 1. The largest absolute Gasteiger partial charge is 0.497 e. The molecule has 1 heterocycles. The molecule has 150 valence electrons. The third-order valence-corrected chi connectivity index (χ3v) is 4.53. The summed E-state index contributed by atoms with van der Waals surface area (Å²) in [5.41, 5.74) is 3.50. The standard InChI is InChI=1S/C21H26N4O2.HI/c1-22-21(25-14-16-8-9-17(26-2)12-20(16)27-3)23-11-10-15-13-24-19-7-5-4-6-18(15)19;/h4-9,12-13,24H,10-11,14H2,1-3H3,(H2,22,23,25);1H. The van der Waals surface area contributed by atoms with Crippen LogP contribution in [0.5, 0.6) is 11.5 Å². The van der Waals surface area contributed by atoms with E-state index in [0.717, 1.165) is 36.0 Å². The van der Waals surface area contributed by atoms with E-state index < -0.39 is 0 Å². The van der Waals surface area contributed by atoms with Crippen LogP contribution in [-0.4, -0.2) is 38.8 Å².